The van der Waals surface area contributed by atoms with Crippen LogP contribution in [0, 0.1) is 0 Å². The van der Waals surface area contributed by atoms with Gasteiger partial charge in [-0.25, -0.2) is 9.97 Å². The van der Waals surface area contributed by atoms with Crippen molar-refractivity contribution in [3.8, 4) is 0 Å². The van der Waals surface area contributed by atoms with E-state index in [2.05, 4.69) is 20.3 Å². The van der Waals surface area contributed by atoms with Crippen molar-refractivity contribution in [1.82, 2.24) is 15.0 Å². The van der Waals surface area contributed by atoms with E-state index >= 15 is 0 Å². The summed E-state index contributed by atoms with van der Waals surface area (Å²) < 4.78 is 0. The van der Waals surface area contributed by atoms with Gasteiger partial charge in [0.2, 0.25) is 5.95 Å². The lowest BCUT2D eigenvalue weighted by molar-refractivity contribution is 0.966. The average molecular weight is 256 g/mol. The first-order chi connectivity index (χ1) is 7.75. The Morgan fingerprint density at radius 1 is 1.44 bits per heavy atom. The second-order valence-electron chi connectivity index (χ2n) is 3.08. The number of rotatable bonds is 4. The fraction of sp³-hybridized carbons (Fsp3) is 0.222. The zero-order valence-electron chi connectivity index (χ0n) is 8.35. The molecule has 0 aliphatic heterocycles. The summed E-state index contributed by atoms with van der Waals surface area (Å²) in [6.45, 7) is 0.708. The molecule has 2 rings (SSSR count). The van der Waals surface area contributed by atoms with Crippen LogP contribution >= 0.6 is 22.9 Å². The third kappa shape index (κ3) is 2.80. The molecule has 0 fully saturated rings. The number of nitrogen functional groups attached to an aromatic ring is 1. The molecule has 0 atom stereocenters. The van der Waals surface area contributed by atoms with Crippen molar-refractivity contribution in [2.45, 2.75) is 6.42 Å². The van der Waals surface area contributed by atoms with Crippen molar-refractivity contribution < 1.29 is 0 Å². The van der Waals surface area contributed by atoms with Gasteiger partial charge in [0.15, 0.2) is 0 Å². The van der Waals surface area contributed by atoms with Crippen LogP contribution in [0.2, 0.25) is 5.02 Å². The molecule has 0 spiro atoms. The quantitative estimate of drug-likeness (QED) is 0.872. The second-order valence-corrected chi connectivity index (χ2v) is 4.21. The molecule has 0 saturated carbocycles. The van der Waals surface area contributed by atoms with E-state index in [1.165, 1.54) is 6.20 Å². The highest BCUT2D eigenvalue weighted by atomic mass is 35.5. The molecule has 5 nitrogen and oxygen atoms in total. The largest absolute Gasteiger partial charge is 0.368 e. The monoisotopic (exact) mass is 255 g/mol. The first-order valence-corrected chi connectivity index (χ1v) is 5.97. The normalized spacial score (nSPS) is 10.3. The van der Waals surface area contributed by atoms with Gasteiger partial charge < -0.3 is 11.1 Å². The van der Waals surface area contributed by atoms with Crippen LogP contribution in [0.15, 0.2) is 17.1 Å². The predicted octanol–water partition coefficient (Wildman–Crippen LogP) is 1.82. The highest BCUT2D eigenvalue weighted by molar-refractivity contribution is 7.07. The molecule has 2 heterocycles. The summed E-state index contributed by atoms with van der Waals surface area (Å²) in [5.41, 5.74) is 8.32. The van der Waals surface area contributed by atoms with Crippen molar-refractivity contribution in [3.05, 3.63) is 27.8 Å². The van der Waals surface area contributed by atoms with E-state index in [-0.39, 0.29) is 5.95 Å². The molecule has 3 N–H and O–H groups in total. The fourth-order valence-corrected chi connectivity index (χ4v) is 1.93. The molecule has 0 saturated heterocycles. The summed E-state index contributed by atoms with van der Waals surface area (Å²) in [7, 11) is 0. The predicted molar refractivity (Wildman–Crippen MR) is 65.8 cm³/mol. The van der Waals surface area contributed by atoms with Crippen LogP contribution < -0.4 is 11.1 Å². The second kappa shape index (κ2) is 5.09. The number of hydrogen-bond donors (Lipinski definition) is 2. The lowest BCUT2D eigenvalue weighted by Gasteiger charge is -2.06. The molecule has 0 unspecified atom stereocenters. The van der Waals surface area contributed by atoms with E-state index < -0.39 is 0 Å². The van der Waals surface area contributed by atoms with Crippen molar-refractivity contribution in [2.24, 2.45) is 0 Å². The van der Waals surface area contributed by atoms with Crippen LogP contribution in [-0.4, -0.2) is 21.5 Å². The molecule has 0 radical (unpaired) electrons. The lowest BCUT2D eigenvalue weighted by Crippen LogP contribution is -2.08. The third-order valence-electron chi connectivity index (χ3n) is 1.92. The Kier molecular flexibility index (Phi) is 3.53. The minimum atomic E-state index is 0.209. The highest BCUT2D eigenvalue weighted by Gasteiger charge is 2.03. The van der Waals surface area contributed by atoms with Gasteiger partial charge in [-0.05, 0) is 0 Å². The summed E-state index contributed by atoms with van der Waals surface area (Å²) in [6, 6.07) is 0. The van der Waals surface area contributed by atoms with Crippen molar-refractivity contribution in [1.29, 1.82) is 0 Å². The number of nitrogens with two attached hydrogens (primary N) is 1. The standard InChI is InChI=1S/C9H10ClN5S/c10-7-3-13-9(11)15-8(7)12-2-1-6-4-16-5-14-6/h3-5H,1-2H2,(H3,11,12,13,15). The highest BCUT2D eigenvalue weighted by Crippen LogP contribution is 2.18. The number of nitrogens with zero attached hydrogens (tertiary/aromatic N) is 3. The van der Waals surface area contributed by atoms with Crippen molar-refractivity contribution in [2.75, 3.05) is 17.6 Å². The molecule has 0 amide bonds. The van der Waals surface area contributed by atoms with Gasteiger partial charge in [0.1, 0.15) is 10.8 Å². The van der Waals surface area contributed by atoms with E-state index in [1.807, 2.05) is 10.9 Å². The van der Waals surface area contributed by atoms with E-state index in [0.29, 0.717) is 17.4 Å². The van der Waals surface area contributed by atoms with Crippen LogP contribution in [-0.2, 0) is 6.42 Å². The lowest BCUT2D eigenvalue weighted by atomic mass is 10.3. The van der Waals surface area contributed by atoms with Gasteiger partial charge in [-0.1, -0.05) is 11.6 Å². The Labute approximate surface area is 102 Å². The first-order valence-electron chi connectivity index (χ1n) is 4.64. The molecule has 0 aliphatic carbocycles. The Morgan fingerprint density at radius 2 is 2.31 bits per heavy atom. The maximum Gasteiger partial charge on any atom is 0.222 e. The number of nitrogens with one attached hydrogen (secondary N) is 1. The third-order valence-corrected chi connectivity index (χ3v) is 2.83. The van der Waals surface area contributed by atoms with Crippen LogP contribution in [0.3, 0.4) is 0 Å². The van der Waals surface area contributed by atoms with E-state index in [9.17, 15) is 0 Å². The van der Waals surface area contributed by atoms with Gasteiger partial charge in [-0.2, -0.15) is 4.98 Å². The van der Waals surface area contributed by atoms with Gasteiger partial charge >= 0.3 is 0 Å². The number of aromatic nitrogens is 3. The Bertz CT molecular complexity index is 459. The van der Waals surface area contributed by atoms with Crippen LogP contribution in [0.4, 0.5) is 11.8 Å². The van der Waals surface area contributed by atoms with Gasteiger partial charge in [-0.3, -0.25) is 0 Å². The molecule has 0 bridgehead atoms. The number of thiazole rings is 1. The van der Waals surface area contributed by atoms with Gasteiger partial charge in [0, 0.05) is 18.3 Å². The minimum absolute atomic E-state index is 0.209. The van der Waals surface area contributed by atoms with Crippen LogP contribution in [0.1, 0.15) is 5.69 Å². The van der Waals surface area contributed by atoms with E-state index in [0.717, 1.165) is 12.1 Å². The molecular weight excluding hydrogens is 246 g/mol. The summed E-state index contributed by atoms with van der Waals surface area (Å²) in [4.78, 5) is 12.0. The van der Waals surface area contributed by atoms with Crippen molar-refractivity contribution >= 4 is 34.7 Å². The molecule has 0 aromatic carbocycles. The van der Waals surface area contributed by atoms with Gasteiger partial charge in [0.05, 0.1) is 17.4 Å². The molecular formula is C9H10ClN5S. The minimum Gasteiger partial charge on any atom is -0.368 e. The topological polar surface area (TPSA) is 76.7 Å². The summed E-state index contributed by atoms with van der Waals surface area (Å²) in [6.07, 6.45) is 2.30. The summed E-state index contributed by atoms with van der Waals surface area (Å²) in [5.74, 6) is 0.768. The van der Waals surface area contributed by atoms with Gasteiger partial charge in [-0.15, -0.1) is 11.3 Å². The number of halogens is 1. The van der Waals surface area contributed by atoms with E-state index in [4.69, 9.17) is 17.3 Å². The first kappa shape index (κ1) is 11.1. The van der Waals surface area contributed by atoms with Crippen LogP contribution in [0.25, 0.3) is 0 Å². The number of anilines is 2. The van der Waals surface area contributed by atoms with E-state index in [1.54, 1.807) is 11.3 Å². The average Bonchev–Trinajstić information content (AvgIpc) is 2.76. The Balaban J connectivity index is 1.92. The summed E-state index contributed by atoms with van der Waals surface area (Å²) >= 11 is 7.48. The smallest absolute Gasteiger partial charge is 0.222 e. The molecule has 84 valence electrons. The maximum atomic E-state index is 5.90. The molecule has 7 heteroatoms. The molecule has 2 aromatic heterocycles. The zero-order chi connectivity index (χ0) is 11.4. The SMILES string of the molecule is Nc1ncc(Cl)c(NCCc2cscn2)n1. The summed E-state index contributed by atoms with van der Waals surface area (Å²) in [5, 5.41) is 5.57. The zero-order valence-corrected chi connectivity index (χ0v) is 9.92. The molecule has 2 aromatic rings. The fourth-order valence-electron chi connectivity index (χ4n) is 1.17. The maximum absolute atomic E-state index is 5.90. The van der Waals surface area contributed by atoms with Crippen molar-refractivity contribution in [3.63, 3.8) is 0 Å². The molecule has 0 aliphatic rings. The molecule has 16 heavy (non-hydrogen) atoms. The van der Waals surface area contributed by atoms with Gasteiger partial charge in [0.25, 0.3) is 0 Å². The Morgan fingerprint density at radius 3 is 3.06 bits per heavy atom. The number of hydrogen-bond acceptors (Lipinski definition) is 6. The van der Waals surface area contributed by atoms with Crippen LogP contribution in [0.5, 0.6) is 0 Å². The Hall–Kier alpha value is -1.40.